The number of anilines is 1. The van der Waals surface area contributed by atoms with E-state index >= 15 is 0 Å². The van der Waals surface area contributed by atoms with Crippen LogP contribution in [0.25, 0.3) is 11.1 Å². The normalized spacial score (nSPS) is 11.6. The monoisotopic (exact) mass is 502 g/mol. The largest absolute Gasteiger partial charge is 0.444 e. The molecule has 37 heavy (non-hydrogen) atoms. The molecule has 194 valence electrons. The van der Waals surface area contributed by atoms with Gasteiger partial charge in [0.15, 0.2) is 0 Å². The zero-order valence-electron chi connectivity index (χ0n) is 21.4. The van der Waals surface area contributed by atoms with Crippen LogP contribution >= 0.6 is 0 Å². The predicted octanol–water partition coefficient (Wildman–Crippen LogP) is 5.25. The minimum Gasteiger partial charge on any atom is -0.444 e. The third-order valence-corrected chi connectivity index (χ3v) is 5.26. The highest BCUT2D eigenvalue weighted by Crippen LogP contribution is 2.21. The summed E-state index contributed by atoms with van der Waals surface area (Å²) in [5.41, 5.74) is 2.99. The van der Waals surface area contributed by atoms with Crippen LogP contribution in [-0.2, 0) is 9.53 Å². The molecule has 8 heteroatoms. The Morgan fingerprint density at radius 1 is 0.757 bits per heavy atom. The summed E-state index contributed by atoms with van der Waals surface area (Å²) < 4.78 is 5.17. The van der Waals surface area contributed by atoms with Crippen LogP contribution in [0.5, 0.6) is 0 Å². The molecule has 4 amide bonds. The van der Waals surface area contributed by atoms with Crippen molar-refractivity contribution in [1.29, 1.82) is 0 Å². The van der Waals surface area contributed by atoms with Gasteiger partial charge in [-0.05, 0) is 49.6 Å². The summed E-state index contributed by atoms with van der Waals surface area (Å²) in [6.45, 7) is 5.80. The van der Waals surface area contributed by atoms with Gasteiger partial charge in [0, 0.05) is 18.8 Å². The summed E-state index contributed by atoms with van der Waals surface area (Å²) in [6, 6.07) is 25.9. The van der Waals surface area contributed by atoms with Crippen molar-refractivity contribution in [3.05, 3.63) is 90.5 Å². The van der Waals surface area contributed by atoms with Gasteiger partial charge in [-0.1, -0.05) is 72.8 Å². The first kappa shape index (κ1) is 27.3. The highest BCUT2D eigenvalue weighted by atomic mass is 16.6. The summed E-state index contributed by atoms with van der Waals surface area (Å²) in [5.74, 6) is -0.257. The lowest BCUT2D eigenvalue weighted by molar-refractivity contribution is -0.121. The van der Waals surface area contributed by atoms with Gasteiger partial charge in [0.05, 0.1) is 12.5 Å². The van der Waals surface area contributed by atoms with E-state index in [1.807, 2.05) is 84.9 Å². The lowest BCUT2D eigenvalue weighted by Gasteiger charge is -2.20. The predicted molar refractivity (Wildman–Crippen MR) is 145 cm³/mol. The van der Waals surface area contributed by atoms with Crippen LogP contribution in [0.1, 0.15) is 38.8 Å². The first-order valence-corrected chi connectivity index (χ1v) is 12.2. The van der Waals surface area contributed by atoms with E-state index in [0.717, 1.165) is 16.7 Å². The van der Waals surface area contributed by atoms with Gasteiger partial charge < -0.3 is 26.0 Å². The molecule has 0 aliphatic carbocycles. The van der Waals surface area contributed by atoms with Crippen LogP contribution in [0, 0.1) is 0 Å². The van der Waals surface area contributed by atoms with Crippen LogP contribution in [0.3, 0.4) is 0 Å². The Hall–Kier alpha value is -4.33. The molecule has 0 heterocycles. The highest BCUT2D eigenvalue weighted by molar-refractivity contribution is 5.90. The Morgan fingerprint density at radius 2 is 1.32 bits per heavy atom. The standard InChI is InChI=1S/C29H34N4O4/c1-29(2,3)37-28(36)31-19-18-30-26(34)20-25(23-12-8-5-9-13-23)33-27(35)32-24-16-14-22(15-17-24)21-10-6-4-7-11-21/h4-17,25H,18-20H2,1-3H3,(H,30,34)(H,31,36)(H2,32,33,35). The third-order valence-electron chi connectivity index (χ3n) is 5.26. The zero-order chi connectivity index (χ0) is 26.7. The van der Waals surface area contributed by atoms with Gasteiger partial charge in [-0.2, -0.15) is 0 Å². The van der Waals surface area contributed by atoms with Gasteiger partial charge in [-0.25, -0.2) is 9.59 Å². The molecule has 8 nitrogen and oxygen atoms in total. The third kappa shape index (κ3) is 9.68. The zero-order valence-corrected chi connectivity index (χ0v) is 21.4. The van der Waals surface area contributed by atoms with E-state index in [1.54, 1.807) is 20.8 Å². The fraction of sp³-hybridized carbons (Fsp3) is 0.276. The van der Waals surface area contributed by atoms with E-state index in [-0.39, 0.29) is 25.4 Å². The van der Waals surface area contributed by atoms with Crippen molar-refractivity contribution in [2.24, 2.45) is 0 Å². The van der Waals surface area contributed by atoms with Crippen molar-refractivity contribution in [3.63, 3.8) is 0 Å². The number of nitrogens with one attached hydrogen (secondary N) is 4. The van der Waals surface area contributed by atoms with Crippen LogP contribution < -0.4 is 21.3 Å². The van der Waals surface area contributed by atoms with E-state index < -0.39 is 23.8 Å². The Kier molecular flexibility index (Phi) is 9.66. The van der Waals surface area contributed by atoms with Gasteiger partial charge in [-0.15, -0.1) is 0 Å². The Balaban J connectivity index is 1.53. The fourth-order valence-electron chi connectivity index (χ4n) is 3.58. The second kappa shape index (κ2) is 13.1. The minimum absolute atomic E-state index is 0.0385. The molecule has 3 aromatic rings. The molecule has 1 unspecified atom stereocenters. The number of carbonyl (C=O) groups excluding carboxylic acids is 3. The maximum absolute atomic E-state index is 12.8. The number of rotatable bonds is 9. The molecule has 4 N–H and O–H groups in total. The summed E-state index contributed by atoms with van der Waals surface area (Å²) in [5, 5.41) is 11.1. The average Bonchev–Trinajstić information content (AvgIpc) is 2.87. The van der Waals surface area contributed by atoms with Gasteiger partial charge in [0.2, 0.25) is 5.91 Å². The van der Waals surface area contributed by atoms with Crippen molar-refractivity contribution >= 4 is 23.7 Å². The number of benzene rings is 3. The average molecular weight is 503 g/mol. The first-order valence-electron chi connectivity index (χ1n) is 12.2. The van der Waals surface area contributed by atoms with Crippen molar-refractivity contribution in [3.8, 4) is 11.1 Å². The molecule has 0 saturated carbocycles. The number of hydrogen-bond donors (Lipinski definition) is 4. The van der Waals surface area contributed by atoms with Crippen molar-refractivity contribution < 1.29 is 19.1 Å². The molecule has 0 aromatic heterocycles. The van der Waals surface area contributed by atoms with E-state index in [1.165, 1.54) is 0 Å². The Bertz CT molecular complexity index is 1160. The molecular formula is C29H34N4O4. The molecule has 1 atom stereocenters. The lowest BCUT2D eigenvalue weighted by atomic mass is 10.0. The molecule has 0 saturated heterocycles. The molecule has 0 aliphatic heterocycles. The molecule has 3 aromatic carbocycles. The molecule has 3 rings (SSSR count). The van der Waals surface area contributed by atoms with E-state index in [4.69, 9.17) is 4.74 Å². The number of alkyl carbamates (subject to hydrolysis) is 1. The summed E-state index contributed by atoms with van der Waals surface area (Å²) in [4.78, 5) is 37.1. The topological polar surface area (TPSA) is 109 Å². The second-order valence-corrected chi connectivity index (χ2v) is 9.49. The maximum Gasteiger partial charge on any atom is 0.407 e. The fourth-order valence-corrected chi connectivity index (χ4v) is 3.58. The Morgan fingerprint density at radius 3 is 1.95 bits per heavy atom. The minimum atomic E-state index is -0.591. The maximum atomic E-state index is 12.8. The number of hydrogen-bond acceptors (Lipinski definition) is 4. The summed E-state index contributed by atoms with van der Waals surface area (Å²) >= 11 is 0. The van der Waals surface area contributed by atoms with E-state index in [0.29, 0.717) is 5.69 Å². The van der Waals surface area contributed by atoms with Gasteiger partial charge >= 0.3 is 12.1 Å². The van der Waals surface area contributed by atoms with Crippen molar-refractivity contribution in [2.75, 3.05) is 18.4 Å². The Labute approximate surface area is 217 Å². The number of carbonyl (C=O) groups is 3. The molecule has 0 spiro atoms. The number of amides is 4. The van der Waals surface area contributed by atoms with Crippen LogP contribution in [-0.4, -0.2) is 36.7 Å². The quantitative estimate of drug-likeness (QED) is 0.300. The number of urea groups is 1. The summed E-state index contributed by atoms with van der Waals surface area (Å²) in [7, 11) is 0. The van der Waals surface area contributed by atoms with Crippen molar-refractivity contribution in [1.82, 2.24) is 16.0 Å². The van der Waals surface area contributed by atoms with Gasteiger partial charge in [0.1, 0.15) is 5.60 Å². The van der Waals surface area contributed by atoms with Crippen molar-refractivity contribution in [2.45, 2.75) is 38.8 Å². The van der Waals surface area contributed by atoms with Gasteiger partial charge in [-0.3, -0.25) is 4.79 Å². The smallest absolute Gasteiger partial charge is 0.407 e. The van der Waals surface area contributed by atoms with Crippen LogP contribution in [0.15, 0.2) is 84.9 Å². The SMILES string of the molecule is CC(C)(C)OC(=O)NCCNC(=O)CC(NC(=O)Nc1ccc(-c2ccccc2)cc1)c1ccccc1. The van der Waals surface area contributed by atoms with Crippen LogP contribution in [0.2, 0.25) is 0 Å². The molecule has 0 bridgehead atoms. The lowest BCUT2D eigenvalue weighted by Crippen LogP contribution is -2.39. The number of ether oxygens (including phenoxy) is 1. The molecule has 0 fully saturated rings. The first-order chi connectivity index (χ1) is 17.7. The van der Waals surface area contributed by atoms with E-state index in [2.05, 4.69) is 21.3 Å². The van der Waals surface area contributed by atoms with Gasteiger partial charge in [0.25, 0.3) is 0 Å². The summed E-state index contributed by atoms with van der Waals surface area (Å²) in [6.07, 6.45) is -0.504. The van der Waals surface area contributed by atoms with E-state index in [9.17, 15) is 14.4 Å². The van der Waals surface area contributed by atoms with Crippen LogP contribution in [0.4, 0.5) is 15.3 Å². The molecular weight excluding hydrogens is 468 g/mol. The molecule has 0 radical (unpaired) electrons. The molecule has 0 aliphatic rings. The second-order valence-electron chi connectivity index (χ2n) is 9.49. The highest BCUT2D eigenvalue weighted by Gasteiger charge is 2.19.